The molecule has 1 aliphatic heterocycles. The Morgan fingerprint density at radius 1 is 1.13 bits per heavy atom. The molecule has 1 fully saturated rings. The molecule has 0 amide bonds. The van der Waals surface area contributed by atoms with Gasteiger partial charge in [0.25, 0.3) is 0 Å². The SMILES string of the molecule is CC(C)Oc1ccc(N(C)CCC2(O)CCN(CCc3ccco3)CC2)cc1.Cl.Cl. The molecule has 1 aromatic carbocycles. The van der Waals surface area contributed by atoms with E-state index in [0.717, 1.165) is 69.1 Å². The average molecular weight is 459 g/mol. The van der Waals surface area contributed by atoms with Crippen LogP contribution in [-0.2, 0) is 6.42 Å². The fourth-order valence-electron chi connectivity index (χ4n) is 3.72. The zero-order valence-electron chi connectivity index (χ0n) is 18.3. The molecule has 1 N–H and O–H groups in total. The van der Waals surface area contributed by atoms with E-state index in [9.17, 15) is 5.11 Å². The Hall–Kier alpha value is -1.40. The van der Waals surface area contributed by atoms with Crippen molar-refractivity contribution in [2.24, 2.45) is 0 Å². The molecular weight excluding hydrogens is 423 g/mol. The van der Waals surface area contributed by atoms with E-state index in [0.29, 0.717) is 0 Å². The standard InChI is InChI=1S/C23H34N2O3.2ClH/c1-19(2)28-22-8-6-20(7-9-22)24(3)15-11-23(26)12-16-25(17-13-23)14-10-21-5-4-18-27-21;;/h4-9,18-19,26H,10-17H2,1-3H3;2*1H. The summed E-state index contributed by atoms with van der Waals surface area (Å²) in [6.45, 7) is 7.79. The van der Waals surface area contributed by atoms with Gasteiger partial charge in [-0.2, -0.15) is 0 Å². The first-order chi connectivity index (χ1) is 13.4. The maximum absolute atomic E-state index is 11.0. The molecule has 0 atom stereocenters. The number of rotatable bonds is 9. The van der Waals surface area contributed by atoms with E-state index in [-0.39, 0.29) is 30.9 Å². The van der Waals surface area contributed by atoms with Crippen LogP contribution in [0.2, 0.25) is 0 Å². The van der Waals surface area contributed by atoms with Crippen molar-refractivity contribution in [1.82, 2.24) is 4.90 Å². The minimum atomic E-state index is -0.559. The molecular formula is C23H36Cl2N2O3. The molecule has 0 radical (unpaired) electrons. The molecule has 2 heterocycles. The molecule has 1 aromatic heterocycles. The zero-order valence-corrected chi connectivity index (χ0v) is 19.9. The quantitative estimate of drug-likeness (QED) is 0.584. The molecule has 0 spiro atoms. The molecule has 0 unspecified atom stereocenters. The summed E-state index contributed by atoms with van der Waals surface area (Å²) in [5.41, 5.74) is 0.589. The lowest BCUT2D eigenvalue weighted by molar-refractivity contribution is -0.0256. The third kappa shape index (κ3) is 8.03. The van der Waals surface area contributed by atoms with Gasteiger partial charge in [-0.05, 0) is 69.5 Å². The minimum absolute atomic E-state index is 0. The summed E-state index contributed by atoms with van der Waals surface area (Å²) < 4.78 is 11.1. The monoisotopic (exact) mass is 458 g/mol. The molecule has 7 heteroatoms. The molecule has 1 saturated heterocycles. The molecule has 170 valence electrons. The summed E-state index contributed by atoms with van der Waals surface area (Å²) in [6, 6.07) is 12.2. The maximum Gasteiger partial charge on any atom is 0.119 e. The van der Waals surface area contributed by atoms with Gasteiger partial charge in [-0.1, -0.05) is 0 Å². The second-order valence-corrected chi connectivity index (χ2v) is 8.23. The van der Waals surface area contributed by atoms with Crippen LogP contribution in [0.25, 0.3) is 0 Å². The normalized spacial score (nSPS) is 15.9. The van der Waals surface area contributed by atoms with Gasteiger partial charge in [-0.3, -0.25) is 0 Å². The summed E-state index contributed by atoms with van der Waals surface area (Å²) in [5.74, 6) is 1.93. The number of benzene rings is 1. The van der Waals surface area contributed by atoms with Crippen LogP contribution in [0.4, 0.5) is 5.69 Å². The summed E-state index contributed by atoms with van der Waals surface area (Å²) >= 11 is 0. The fraction of sp³-hybridized carbons (Fsp3) is 0.565. The van der Waals surface area contributed by atoms with E-state index >= 15 is 0 Å². The van der Waals surface area contributed by atoms with E-state index in [1.165, 1.54) is 0 Å². The molecule has 0 saturated carbocycles. The number of halogens is 2. The van der Waals surface area contributed by atoms with Crippen LogP contribution in [0.15, 0.2) is 47.1 Å². The second-order valence-electron chi connectivity index (χ2n) is 8.23. The van der Waals surface area contributed by atoms with Gasteiger partial charge in [0, 0.05) is 45.3 Å². The highest BCUT2D eigenvalue weighted by molar-refractivity contribution is 5.85. The molecule has 0 aliphatic carbocycles. The summed E-state index contributed by atoms with van der Waals surface area (Å²) in [6.07, 6.45) is 5.30. The third-order valence-corrected chi connectivity index (χ3v) is 5.60. The lowest BCUT2D eigenvalue weighted by Crippen LogP contribution is -2.46. The fourth-order valence-corrected chi connectivity index (χ4v) is 3.72. The van der Waals surface area contributed by atoms with E-state index < -0.39 is 5.60 Å². The van der Waals surface area contributed by atoms with E-state index in [1.807, 2.05) is 38.1 Å². The van der Waals surface area contributed by atoms with Crippen molar-refractivity contribution in [3.63, 3.8) is 0 Å². The minimum Gasteiger partial charge on any atom is -0.491 e. The van der Waals surface area contributed by atoms with Crippen LogP contribution in [0, 0.1) is 0 Å². The van der Waals surface area contributed by atoms with E-state index in [4.69, 9.17) is 9.15 Å². The van der Waals surface area contributed by atoms with Gasteiger partial charge in [-0.15, -0.1) is 24.8 Å². The molecule has 5 nitrogen and oxygen atoms in total. The van der Waals surface area contributed by atoms with Gasteiger partial charge < -0.3 is 24.1 Å². The van der Waals surface area contributed by atoms with Gasteiger partial charge in [0.2, 0.25) is 0 Å². The van der Waals surface area contributed by atoms with Crippen LogP contribution in [0.3, 0.4) is 0 Å². The largest absolute Gasteiger partial charge is 0.491 e. The Bertz CT molecular complexity index is 700. The predicted molar refractivity (Wildman–Crippen MR) is 128 cm³/mol. The van der Waals surface area contributed by atoms with E-state index in [1.54, 1.807) is 6.26 Å². The number of ether oxygens (including phenoxy) is 1. The first-order valence-electron chi connectivity index (χ1n) is 10.4. The molecule has 1 aliphatic rings. The zero-order chi connectivity index (χ0) is 20.0. The van der Waals surface area contributed by atoms with Crippen LogP contribution < -0.4 is 9.64 Å². The number of aliphatic hydroxyl groups is 1. The molecule has 2 aromatic rings. The number of hydrogen-bond acceptors (Lipinski definition) is 5. The first kappa shape index (κ1) is 26.6. The number of nitrogens with zero attached hydrogens (tertiary/aromatic N) is 2. The van der Waals surface area contributed by atoms with Crippen molar-refractivity contribution >= 4 is 30.5 Å². The highest BCUT2D eigenvalue weighted by Gasteiger charge is 2.32. The van der Waals surface area contributed by atoms with Crippen molar-refractivity contribution in [3.8, 4) is 5.75 Å². The Labute approximate surface area is 193 Å². The number of hydrogen-bond donors (Lipinski definition) is 1. The third-order valence-electron chi connectivity index (χ3n) is 5.60. The first-order valence-corrected chi connectivity index (χ1v) is 10.4. The summed E-state index contributed by atoms with van der Waals surface area (Å²) in [7, 11) is 2.08. The Morgan fingerprint density at radius 3 is 2.37 bits per heavy atom. The van der Waals surface area contributed by atoms with Crippen molar-refractivity contribution in [1.29, 1.82) is 0 Å². The number of piperidine rings is 1. The van der Waals surface area contributed by atoms with E-state index in [2.05, 4.69) is 29.0 Å². The lowest BCUT2D eigenvalue weighted by Gasteiger charge is -2.39. The van der Waals surface area contributed by atoms with Crippen LogP contribution in [0.5, 0.6) is 5.75 Å². The van der Waals surface area contributed by atoms with Crippen molar-refractivity contribution < 1.29 is 14.3 Å². The molecule has 0 bridgehead atoms. The Balaban J connectivity index is 0.00000225. The maximum atomic E-state index is 11.0. The van der Waals surface area contributed by atoms with Gasteiger partial charge in [0.05, 0.1) is 18.0 Å². The van der Waals surface area contributed by atoms with Crippen LogP contribution in [0.1, 0.15) is 38.9 Å². The second kappa shape index (κ2) is 12.5. The number of furan rings is 1. The van der Waals surface area contributed by atoms with Crippen molar-refractivity contribution in [3.05, 3.63) is 48.4 Å². The molecule has 30 heavy (non-hydrogen) atoms. The number of likely N-dealkylation sites (tertiary alicyclic amines) is 1. The van der Waals surface area contributed by atoms with Crippen molar-refractivity contribution in [2.75, 3.05) is 38.1 Å². The lowest BCUT2D eigenvalue weighted by atomic mass is 9.88. The molecule has 3 rings (SSSR count). The van der Waals surface area contributed by atoms with Gasteiger partial charge >= 0.3 is 0 Å². The van der Waals surface area contributed by atoms with Gasteiger partial charge in [-0.25, -0.2) is 0 Å². The average Bonchev–Trinajstić information content (AvgIpc) is 3.20. The smallest absolute Gasteiger partial charge is 0.119 e. The van der Waals surface area contributed by atoms with Gasteiger partial charge in [0.1, 0.15) is 11.5 Å². The highest BCUT2D eigenvalue weighted by atomic mass is 35.5. The predicted octanol–water partition coefficient (Wildman–Crippen LogP) is 4.81. The van der Waals surface area contributed by atoms with Gasteiger partial charge in [0.15, 0.2) is 0 Å². The topological polar surface area (TPSA) is 49.1 Å². The highest BCUT2D eigenvalue weighted by Crippen LogP contribution is 2.27. The Kier molecular flexibility index (Phi) is 11.1. The van der Waals surface area contributed by atoms with Crippen LogP contribution in [-0.4, -0.2) is 54.9 Å². The summed E-state index contributed by atoms with van der Waals surface area (Å²) in [4.78, 5) is 4.63. The van der Waals surface area contributed by atoms with Crippen LogP contribution >= 0.6 is 24.8 Å². The van der Waals surface area contributed by atoms with Crippen molar-refractivity contribution in [2.45, 2.75) is 51.2 Å². The Morgan fingerprint density at radius 2 is 1.80 bits per heavy atom. The number of anilines is 1. The summed E-state index contributed by atoms with van der Waals surface area (Å²) in [5, 5.41) is 11.0.